The predicted octanol–water partition coefficient (Wildman–Crippen LogP) is 1.97. The van der Waals surface area contributed by atoms with E-state index in [9.17, 15) is 5.11 Å². The molecule has 3 nitrogen and oxygen atoms in total. The summed E-state index contributed by atoms with van der Waals surface area (Å²) >= 11 is 5.23. The maximum atomic E-state index is 9.49. The van der Waals surface area contributed by atoms with E-state index in [1.54, 1.807) is 11.3 Å². The van der Waals surface area contributed by atoms with Gasteiger partial charge in [-0.15, -0.1) is 11.3 Å². The Morgan fingerprint density at radius 1 is 1.50 bits per heavy atom. The summed E-state index contributed by atoms with van der Waals surface area (Å²) in [6, 6.07) is 4.52. The molecular formula is C11H17BrN2OS. The van der Waals surface area contributed by atoms with Gasteiger partial charge in [-0.3, -0.25) is 4.90 Å². The average Bonchev–Trinajstić information content (AvgIpc) is 2.69. The summed E-state index contributed by atoms with van der Waals surface area (Å²) in [4.78, 5) is 3.69. The lowest BCUT2D eigenvalue weighted by molar-refractivity contribution is 0.0630. The summed E-state index contributed by atoms with van der Waals surface area (Å²) in [5.41, 5.74) is 5.87. The second kappa shape index (κ2) is 5.60. The molecule has 1 unspecified atom stereocenters. The number of hydrogen-bond donors (Lipinski definition) is 2. The van der Waals surface area contributed by atoms with E-state index in [1.807, 2.05) is 0 Å². The molecule has 0 radical (unpaired) electrons. The second-order valence-electron chi connectivity index (χ2n) is 4.16. The largest absolute Gasteiger partial charge is 0.393 e. The summed E-state index contributed by atoms with van der Waals surface area (Å²) in [6.07, 6.45) is 1.61. The molecule has 0 saturated carbocycles. The number of aliphatic hydroxyl groups excluding tert-OH is 1. The first kappa shape index (κ1) is 12.5. The van der Waals surface area contributed by atoms with Gasteiger partial charge in [0.25, 0.3) is 0 Å². The molecule has 1 saturated heterocycles. The molecule has 1 aromatic rings. The van der Waals surface area contributed by atoms with Crippen molar-refractivity contribution in [2.45, 2.75) is 25.0 Å². The number of halogens is 1. The van der Waals surface area contributed by atoms with Crippen molar-refractivity contribution in [1.29, 1.82) is 0 Å². The van der Waals surface area contributed by atoms with Crippen LogP contribution in [0.1, 0.15) is 23.8 Å². The molecule has 3 N–H and O–H groups in total. The molecule has 5 heteroatoms. The van der Waals surface area contributed by atoms with Crippen molar-refractivity contribution >= 4 is 27.3 Å². The quantitative estimate of drug-likeness (QED) is 0.897. The normalized spacial score (nSPS) is 21.2. The Bertz CT molecular complexity index is 336. The third-order valence-corrected chi connectivity index (χ3v) is 4.81. The Hall–Kier alpha value is 0.0600. The molecule has 0 amide bonds. The van der Waals surface area contributed by atoms with Gasteiger partial charge in [-0.25, -0.2) is 0 Å². The van der Waals surface area contributed by atoms with Crippen molar-refractivity contribution in [1.82, 2.24) is 4.90 Å². The lowest BCUT2D eigenvalue weighted by Crippen LogP contribution is -2.40. The van der Waals surface area contributed by atoms with Gasteiger partial charge in [-0.2, -0.15) is 0 Å². The van der Waals surface area contributed by atoms with Gasteiger partial charge in [0, 0.05) is 24.5 Å². The standard InChI is InChI=1S/C11H17BrN2OS/c12-11-2-1-10(16-11)9(7-13)14-5-3-8(15)4-6-14/h1-2,8-9,15H,3-7,13H2. The Labute approximate surface area is 108 Å². The Balaban J connectivity index is 2.05. The molecule has 1 aliphatic rings. The van der Waals surface area contributed by atoms with Gasteiger partial charge in [0.1, 0.15) is 0 Å². The van der Waals surface area contributed by atoms with Gasteiger partial charge >= 0.3 is 0 Å². The molecule has 1 aromatic heterocycles. The minimum Gasteiger partial charge on any atom is -0.393 e. The van der Waals surface area contributed by atoms with E-state index < -0.39 is 0 Å². The van der Waals surface area contributed by atoms with Crippen molar-refractivity contribution < 1.29 is 5.11 Å². The van der Waals surface area contributed by atoms with E-state index >= 15 is 0 Å². The molecule has 0 aliphatic carbocycles. The van der Waals surface area contributed by atoms with E-state index in [1.165, 1.54) is 4.88 Å². The highest BCUT2D eigenvalue weighted by Gasteiger charge is 2.25. The molecule has 1 atom stereocenters. The lowest BCUT2D eigenvalue weighted by Gasteiger charge is -2.35. The fourth-order valence-corrected chi connectivity index (χ4v) is 3.72. The molecule has 2 rings (SSSR count). The minimum atomic E-state index is -0.121. The van der Waals surface area contributed by atoms with Crippen molar-refractivity contribution in [3.8, 4) is 0 Å². The Kier molecular flexibility index (Phi) is 4.38. The molecule has 2 heterocycles. The average molecular weight is 305 g/mol. The summed E-state index contributed by atoms with van der Waals surface area (Å²) < 4.78 is 1.15. The molecule has 1 fully saturated rings. The van der Waals surface area contributed by atoms with E-state index in [2.05, 4.69) is 33.0 Å². The van der Waals surface area contributed by atoms with Crippen molar-refractivity contribution in [3.05, 3.63) is 20.8 Å². The van der Waals surface area contributed by atoms with Crippen LogP contribution in [0.2, 0.25) is 0 Å². The summed E-state index contributed by atoms with van der Waals surface area (Å²) in [5, 5.41) is 9.49. The third kappa shape index (κ3) is 2.84. The first-order chi connectivity index (χ1) is 7.70. The molecule has 0 bridgehead atoms. The van der Waals surface area contributed by atoms with Gasteiger partial charge in [0.05, 0.1) is 15.9 Å². The van der Waals surface area contributed by atoms with Crippen LogP contribution in [-0.2, 0) is 0 Å². The van der Waals surface area contributed by atoms with E-state index in [-0.39, 0.29) is 6.10 Å². The maximum Gasteiger partial charge on any atom is 0.0702 e. The highest BCUT2D eigenvalue weighted by molar-refractivity contribution is 9.11. The number of rotatable bonds is 3. The number of nitrogens with two attached hydrogens (primary N) is 1. The predicted molar refractivity (Wildman–Crippen MR) is 70.6 cm³/mol. The van der Waals surface area contributed by atoms with Gasteiger partial charge in [0.2, 0.25) is 0 Å². The first-order valence-electron chi connectivity index (χ1n) is 5.58. The first-order valence-corrected chi connectivity index (χ1v) is 7.19. The zero-order valence-corrected chi connectivity index (χ0v) is 11.5. The van der Waals surface area contributed by atoms with E-state index in [0.29, 0.717) is 12.6 Å². The van der Waals surface area contributed by atoms with Gasteiger partial charge in [0.15, 0.2) is 0 Å². The molecular weight excluding hydrogens is 288 g/mol. The molecule has 90 valence electrons. The number of thiophene rings is 1. The van der Waals surface area contributed by atoms with Gasteiger partial charge in [-0.1, -0.05) is 0 Å². The summed E-state index contributed by atoms with van der Waals surface area (Å²) in [7, 11) is 0. The third-order valence-electron chi connectivity index (χ3n) is 3.09. The smallest absolute Gasteiger partial charge is 0.0702 e. The van der Waals surface area contributed by atoms with Gasteiger partial charge in [-0.05, 0) is 40.9 Å². The number of piperidine rings is 1. The fraction of sp³-hybridized carbons (Fsp3) is 0.636. The van der Waals surface area contributed by atoms with Crippen LogP contribution in [0.25, 0.3) is 0 Å². The second-order valence-corrected chi connectivity index (χ2v) is 6.66. The topological polar surface area (TPSA) is 49.5 Å². The number of hydrogen-bond acceptors (Lipinski definition) is 4. The zero-order chi connectivity index (χ0) is 11.5. The highest BCUT2D eigenvalue weighted by atomic mass is 79.9. The Morgan fingerprint density at radius 3 is 2.69 bits per heavy atom. The zero-order valence-electron chi connectivity index (χ0n) is 9.10. The fourth-order valence-electron chi connectivity index (χ4n) is 2.15. The molecule has 1 aliphatic heterocycles. The van der Waals surface area contributed by atoms with E-state index in [0.717, 1.165) is 29.7 Å². The van der Waals surface area contributed by atoms with Crippen LogP contribution in [0, 0.1) is 0 Å². The van der Waals surface area contributed by atoms with Crippen LogP contribution in [0.3, 0.4) is 0 Å². The highest BCUT2D eigenvalue weighted by Crippen LogP contribution is 2.31. The monoisotopic (exact) mass is 304 g/mol. The van der Waals surface area contributed by atoms with Crippen LogP contribution in [0.15, 0.2) is 15.9 Å². The van der Waals surface area contributed by atoms with Crippen molar-refractivity contribution in [2.24, 2.45) is 5.73 Å². The van der Waals surface area contributed by atoms with Crippen LogP contribution in [0.5, 0.6) is 0 Å². The summed E-state index contributed by atoms with van der Waals surface area (Å²) in [6.45, 7) is 2.53. The number of nitrogens with zero attached hydrogens (tertiary/aromatic N) is 1. The SMILES string of the molecule is NCC(c1ccc(Br)s1)N1CCC(O)CC1. The number of likely N-dealkylation sites (tertiary alicyclic amines) is 1. The Morgan fingerprint density at radius 2 is 2.19 bits per heavy atom. The summed E-state index contributed by atoms with van der Waals surface area (Å²) in [5.74, 6) is 0. The maximum absolute atomic E-state index is 9.49. The van der Waals surface area contributed by atoms with Crippen molar-refractivity contribution in [3.63, 3.8) is 0 Å². The van der Waals surface area contributed by atoms with Crippen molar-refractivity contribution in [2.75, 3.05) is 19.6 Å². The minimum absolute atomic E-state index is 0.121. The lowest BCUT2D eigenvalue weighted by atomic mass is 10.0. The molecule has 16 heavy (non-hydrogen) atoms. The molecule has 0 aromatic carbocycles. The van der Waals surface area contributed by atoms with Crippen LogP contribution < -0.4 is 5.73 Å². The van der Waals surface area contributed by atoms with E-state index in [4.69, 9.17) is 5.73 Å². The molecule has 0 spiro atoms. The van der Waals surface area contributed by atoms with Crippen LogP contribution in [-0.4, -0.2) is 35.7 Å². The number of aliphatic hydroxyl groups is 1. The van der Waals surface area contributed by atoms with Crippen LogP contribution >= 0.6 is 27.3 Å². The van der Waals surface area contributed by atoms with Crippen LogP contribution in [0.4, 0.5) is 0 Å². The van der Waals surface area contributed by atoms with Gasteiger partial charge < -0.3 is 10.8 Å².